The van der Waals surface area contributed by atoms with Crippen LogP contribution < -0.4 is 0 Å². The molecule has 21 heavy (non-hydrogen) atoms. The Balaban J connectivity index is 2.30. The first-order chi connectivity index (χ1) is 9.86. The summed E-state index contributed by atoms with van der Waals surface area (Å²) in [5.74, 6) is -0.716. The lowest BCUT2D eigenvalue weighted by Gasteiger charge is -2.33. The Labute approximate surface area is 127 Å². The molecule has 2 rings (SSSR count). The molecule has 8 heteroatoms. The maximum atomic E-state index is 12.8. The van der Waals surface area contributed by atoms with Crippen molar-refractivity contribution in [2.45, 2.75) is 32.2 Å². The summed E-state index contributed by atoms with van der Waals surface area (Å²) >= 11 is 1.05. The quantitative estimate of drug-likeness (QED) is 0.753. The normalized spacial score (nSPS) is 19.4. The van der Waals surface area contributed by atoms with Crippen LogP contribution in [0.4, 0.5) is 0 Å². The van der Waals surface area contributed by atoms with Gasteiger partial charge in [0, 0.05) is 12.0 Å². The molecule has 0 spiro atoms. The van der Waals surface area contributed by atoms with Crippen LogP contribution in [-0.4, -0.2) is 59.3 Å². The molecule has 1 amide bonds. The molecule has 1 unspecified atom stereocenters. The van der Waals surface area contributed by atoms with Gasteiger partial charge in [-0.05, 0) is 11.5 Å². The minimum absolute atomic E-state index is 0.148. The summed E-state index contributed by atoms with van der Waals surface area (Å²) in [4.78, 5) is 26.5. The van der Waals surface area contributed by atoms with E-state index in [9.17, 15) is 9.59 Å². The third-order valence-electron chi connectivity index (χ3n) is 3.26. The van der Waals surface area contributed by atoms with E-state index in [1.54, 1.807) is 0 Å². The largest absolute Gasteiger partial charge is 0.467 e. The van der Waals surface area contributed by atoms with Gasteiger partial charge in [-0.3, -0.25) is 4.79 Å². The molecule has 0 radical (unpaired) electrons. The fourth-order valence-electron chi connectivity index (χ4n) is 2.13. The highest BCUT2D eigenvalue weighted by Gasteiger charge is 2.37. The second-order valence-corrected chi connectivity index (χ2v) is 6.57. The average molecular weight is 313 g/mol. The zero-order valence-electron chi connectivity index (χ0n) is 12.6. The summed E-state index contributed by atoms with van der Waals surface area (Å²) in [6.07, 6.45) is 0. The fourth-order valence-corrected chi connectivity index (χ4v) is 2.96. The lowest BCUT2D eigenvalue weighted by atomic mass is 9.91. The number of methoxy groups -OCH3 is 1. The van der Waals surface area contributed by atoms with Crippen molar-refractivity contribution < 1.29 is 19.1 Å². The Bertz CT molecular complexity index is 538. The number of rotatable bonds is 2. The molecule has 1 aliphatic rings. The Morgan fingerprint density at radius 3 is 2.76 bits per heavy atom. The van der Waals surface area contributed by atoms with Crippen molar-refractivity contribution in [1.82, 2.24) is 14.5 Å². The first-order valence-corrected chi connectivity index (χ1v) is 7.43. The maximum Gasteiger partial charge on any atom is 0.331 e. The van der Waals surface area contributed by atoms with Crippen LogP contribution in [-0.2, 0) is 19.7 Å². The lowest BCUT2D eigenvalue weighted by Crippen LogP contribution is -2.53. The van der Waals surface area contributed by atoms with Gasteiger partial charge in [-0.2, -0.15) is 0 Å². The van der Waals surface area contributed by atoms with Crippen molar-refractivity contribution in [2.75, 3.05) is 26.9 Å². The van der Waals surface area contributed by atoms with Crippen LogP contribution in [0.3, 0.4) is 0 Å². The van der Waals surface area contributed by atoms with Crippen LogP contribution >= 0.6 is 11.5 Å². The summed E-state index contributed by atoms with van der Waals surface area (Å²) in [5.41, 5.74) is 0.359. The number of carbonyl (C=O) groups excluding carboxylic acids is 2. The molecule has 0 aromatic carbocycles. The Kier molecular flexibility index (Phi) is 4.58. The van der Waals surface area contributed by atoms with E-state index >= 15 is 0 Å². The molecule has 1 aromatic rings. The summed E-state index contributed by atoms with van der Waals surface area (Å²) in [7, 11) is 1.30. The van der Waals surface area contributed by atoms with E-state index in [-0.39, 0.29) is 17.9 Å². The molecule has 116 valence electrons. The summed E-state index contributed by atoms with van der Waals surface area (Å²) < 4.78 is 13.9. The highest BCUT2D eigenvalue weighted by Crippen LogP contribution is 2.27. The van der Waals surface area contributed by atoms with Crippen molar-refractivity contribution >= 4 is 23.4 Å². The molecule has 1 saturated heterocycles. The zero-order valence-corrected chi connectivity index (χ0v) is 13.4. The number of ether oxygens (including phenoxy) is 2. The lowest BCUT2D eigenvalue weighted by molar-refractivity contribution is -0.151. The van der Waals surface area contributed by atoms with Crippen molar-refractivity contribution in [2.24, 2.45) is 0 Å². The van der Waals surface area contributed by atoms with E-state index in [0.717, 1.165) is 11.5 Å². The number of carbonyl (C=O) groups is 2. The Morgan fingerprint density at radius 1 is 1.43 bits per heavy atom. The molecule has 1 aliphatic heterocycles. The van der Waals surface area contributed by atoms with Gasteiger partial charge in [0.05, 0.1) is 26.0 Å². The predicted octanol–water partition coefficient (Wildman–Crippen LogP) is 0.850. The van der Waals surface area contributed by atoms with Gasteiger partial charge in [-0.1, -0.05) is 25.3 Å². The third kappa shape index (κ3) is 3.21. The van der Waals surface area contributed by atoms with E-state index in [1.165, 1.54) is 12.0 Å². The number of aromatic nitrogens is 2. The molecular weight excluding hydrogens is 294 g/mol. The highest BCUT2D eigenvalue weighted by atomic mass is 32.1. The molecule has 0 bridgehead atoms. The van der Waals surface area contributed by atoms with Crippen molar-refractivity contribution in [3.63, 3.8) is 0 Å². The topological polar surface area (TPSA) is 81.6 Å². The molecule has 0 saturated carbocycles. The first kappa shape index (κ1) is 15.8. The number of hydrogen-bond donors (Lipinski definition) is 0. The molecular formula is C13H19N3O4S. The maximum absolute atomic E-state index is 12.8. The van der Waals surface area contributed by atoms with Crippen LogP contribution in [0.5, 0.6) is 0 Å². The Hall–Kier alpha value is -1.54. The molecule has 0 N–H and O–H groups in total. The van der Waals surface area contributed by atoms with E-state index in [2.05, 4.69) is 9.59 Å². The monoisotopic (exact) mass is 313 g/mol. The SMILES string of the molecule is COC(=O)C1COCCN1C(=O)c1snnc1C(C)(C)C. The van der Waals surface area contributed by atoms with Gasteiger partial charge in [0.2, 0.25) is 0 Å². The van der Waals surface area contributed by atoms with E-state index < -0.39 is 12.0 Å². The van der Waals surface area contributed by atoms with E-state index in [1.807, 2.05) is 20.8 Å². The fraction of sp³-hybridized carbons (Fsp3) is 0.692. The van der Waals surface area contributed by atoms with Gasteiger partial charge in [0.1, 0.15) is 4.88 Å². The molecule has 1 aromatic heterocycles. The smallest absolute Gasteiger partial charge is 0.331 e. The second-order valence-electron chi connectivity index (χ2n) is 5.81. The van der Waals surface area contributed by atoms with Gasteiger partial charge in [0.15, 0.2) is 6.04 Å². The predicted molar refractivity (Wildman–Crippen MR) is 76.3 cm³/mol. The van der Waals surface area contributed by atoms with Gasteiger partial charge >= 0.3 is 5.97 Å². The highest BCUT2D eigenvalue weighted by molar-refractivity contribution is 7.08. The number of nitrogens with zero attached hydrogens (tertiary/aromatic N) is 3. The van der Waals surface area contributed by atoms with Gasteiger partial charge in [0.25, 0.3) is 5.91 Å². The van der Waals surface area contributed by atoms with Gasteiger partial charge in [-0.15, -0.1) is 5.10 Å². The number of hydrogen-bond acceptors (Lipinski definition) is 7. The standard InChI is InChI=1S/C13H19N3O4S/c1-13(2,3)10-9(21-15-14-10)11(17)16-5-6-20-7-8(16)12(18)19-4/h8H,5-7H2,1-4H3. The number of amides is 1. The summed E-state index contributed by atoms with van der Waals surface area (Å²) in [6, 6.07) is -0.717. The van der Waals surface area contributed by atoms with Crippen LogP contribution in [0, 0.1) is 0 Å². The zero-order chi connectivity index (χ0) is 15.6. The molecule has 2 heterocycles. The summed E-state index contributed by atoms with van der Waals surface area (Å²) in [5, 5.41) is 4.07. The van der Waals surface area contributed by atoms with Crippen molar-refractivity contribution in [1.29, 1.82) is 0 Å². The summed E-state index contributed by atoms with van der Waals surface area (Å²) in [6.45, 7) is 6.80. The van der Waals surface area contributed by atoms with Gasteiger partial charge in [-0.25, -0.2) is 4.79 Å². The van der Waals surface area contributed by atoms with Crippen molar-refractivity contribution in [3.05, 3.63) is 10.6 Å². The average Bonchev–Trinajstić information content (AvgIpc) is 2.95. The minimum atomic E-state index is -0.717. The Morgan fingerprint density at radius 2 is 2.14 bits per heavy atom. The molecule has 1 fully saturated rings. The first-order valence-electron chi connectivity index (χ1n) is 6.65. The van der Waals surface area contributed by atoms with E-state index in [0.29, 0.717) is 23.7 Å². The number of morpholine rings is 1. The van der Waals surface area contributed by atoms with Crippen LogP contribution in [0.2, 0.25) is 0 Å². The molecule has 7 nitrogen and oxygen atoms in total. The molecule has 1 atom stereocenters. The van der Waals surface area contributed by atoms with Crippen LogP contribution in [0.1, 0.15) is 36.1 Å². The van der Waals surface area contributed by atoms with Crippen molar-refractivity contribution in [3.8, 4) is 0 Å². The molecule has 0 aliphatic carbocycles. The van der Waals surface area contributed by atoms with Gasteiger partial charge < -0.3 is 14.4 Å². The minimum Gasteiger partial charge on any atom is -0.467 e. The third-order valence-corrected chi connectivity index (χ3v) is 3.97. The van der Waals surface area contributed by atoms with Crippen LogP contribution in [0.25, 0.3) is 0 Å². The second kappa shape index (κ2) is 6.07. The van der Waals surface area contributed by atoms with Crippen LogP contribution in [0.15, 0.2) is 0 Å². The van der Waals surface area contributed by atoms with E-state index in [4.69, 9.17) is 9.47 Å². The number of esters is 1.